The van der Waals surface area contributed by atoms with Crippen molar-refractivity contribution < 1.29 is 19.0 Å². The van der Waals surface area contributed by atoms with Gasteiger partial charge in [0.25, 0.3) is 11.5 Å². The molecule has 4 rings (SSSR count). The Balaban J connectivity index is 1.54. The van der Waals surface area contributed by atoms with Crippen LogP contribution in [0.15, 0.2) is 75.7 Å². The van der Waals surface area contributed by atoms with Crippen molar-refractivity contribution in [2.24, 2.45) is 5.10 Å². The van der Waals surface area contributed by atoms with E-state index in [0.29, 0.717) is 44.6 Å². The van der Waals surface area contributed by atoms with Gasteiger partial charge in [-0.2, -0.15) is 5.10 Å². The molecule has 0 aliphatic heterocycles. The molecule has 1 amide bonds. The van der Waals surface area contributed by atoms with E-state index in [9.17, 15) is 9.59 Å². The Morgan fingerprint density at radius 1 is 1.00 bits per heavy atom. The zero-order valence-corrected chi connectivity index (χ0v) is 21.7. The number of aromatic nitrogens is 2. The molecule has 0 unspecified atom stereocenters. The second-order valence-corrected chi connectivity index (χ2v) is 8.84. The van der Waals surface area contributed by atoms with Gasteiger partial charge in [0.2, 0.25) is 5.75 Å². The molecule has 9 nitrogen and oxygen atoms in total. The first-order chi connectivity index (χ1) is 18.0. The number of thioether (sulfide) groups is 1. The first-order valence-corrected chi connectivity index (χ1v) is 12.3. The van der Waals surface area contributed by atoms with Crippen LogP contribution in [0.4, 0.5) is 0 Å². The predicted molar refractivity (Wildman–Crippen MR) is 145 cm³/mol. The van der Waals surface area contributed by atoms with Crippen LogP contribution in [-0.4, -0.2) is 48.8 Å². The molecule has 4 aromatic rings. The van der Waals surface area contributed by atoms with E-state index in [1.54, 1.807) is 30.3 Å². The van der Waals surface area contributed by atoms with Gasteiger partial charge in [0.1, 0.15) is 0 Å². The van der Waals surface area contributed by atoms with Crippen molar-refractivity contribution in [3.63, 3.8) is 0 Å². The number of carbonyl (C=O) groups is 1. The molecule has 10 heteroatoms. The van der Waals surface area contributed by atoms with Gasteiger partial charge in [0.15, 0.2) is 16.7 Å². The molecule has 3 aromatic carbocycles. The molecule has 0 spiro atoms. The molecule has 0 atom stereocenters. The van der Waals surface area contributed by atoms with Gasteiger partial charge >= 0.3 is 0 Å². The third kappa shape index (κ3) is 5.59. The summed E-state index contributed by atoms with van der Waals surface area (Å²) in [5.74, 6) is 0.999. The highest BCUT2D eigenvalue weighted by Gasteiger charge is 2.16. The van der Waals surface area contributed by atoms with E-state index in [-0.39, 0.29) is 17.2 Å². The van der Waals surface area contributed by atoms with Crippen molar-refractivity contribution in [1.29, 1.82) is 0 Å². The van der Waals surface area contributed by atoms with Crippen molar-refractivity contribution in [3.8, 4) is 22.9 Å². The van der Waals surface area contributed by atoms with Gasteiger partial charge in [0, 0.05) is 5.56 Å². The van der Waals surface area contributed by atoms with Crippen molar-refractivity contribution in [2.45, 2.75) is 12.1 Å². The summed E-state index contributed by atoms with van der Waals surface area (Å²) in [5, 5.41) is 4.96. The van der Waals surface area contributed by atoms with Gasteiger partial charge in [-0.05, 0) is 43.3 Å². The highest BCUT2D eigenvalue weighted by Crippen LogP contribution is 2.39. The first kappa shape index (κ1) is 25.8. The largest absolute Gasteiger partial charge is 0.493 e. The van der Waals surface area contributed by atoms with Gasteiger partial charge < -0.3 is 14.2 Å². The number of para-hydroxylation sites is 1. The van der Waals surface area contributed by atoms with Gasteiger partial charge in [-0.3, -0.25) is 14.2 Å². The van der Waals surface area contributed by atoms with Crippen LogP contribution in [0, 0.1) is 6.92 Å². The van der Waals surface area contributed by atoms with Crippen molar-refractivity contribution >= 4 is 34.8 Å². The molecular weight excluding hydrogens is 492 g/mol. The highest BCUT2D eigenvalue weighted by molar-refractivity contribution is 7.99. The minimum Gasteiger partial charge on any atom is -0.493 e. The molecule has 37 heavy (non-hydrogen) atoms. The number of methoxy groups -OCH3 is 3. The summed E-state index contributed by atoms with van der Waals surface area (Å²) in [4.78, 5) is 30.6. The summed E-state index contributed by atoms with van der Waals surface area (Å²) in [7, 11) is 4.55. The normalized spacial score (nSPS) is 11.0. The Kier molecular flexibility index (Phi) is 8.09. The van der Waals surface area contributed by atoms with Gasteiger partial charge in [-0.25, -0.2) is 10.4 Å². The molecule has 0 radical (unpaired) electrons. The molecule has 0 aliphatic carbocycles. The fourth-order valence-electron chi connectivity index (χ4n) is 3.69. The third-order valence-corrected chi connectivity index (χ3v) is 6.44. The smallest absolute Gasteiger partial charge is 0.266 e. The maximum Gasteiger partial charge on any atom is 0.266 e. The number of fused-ring (bicyclic) bond motifs is 1. The van der Waals surface area contributed by atoms with Crippen molar-refractivity contribution in [3.05, 3.63) is 82.1 Å². The number of hydrogen-bond donors (Lipinski definition) is 1. The minimum absolute atomic E-state index is 0.00293. The Morgan fingerprint density at radius 2 is 1.73 bits per heavy atom. The van der Waals surface area contributed by atoms with E-state index >= 15 is 0 Å². The van der Waals surface area contributed by atoms with Crippen LogP contribution in [0.5, 0.6) is 17.2 Å². The molecule has 1 heterocycles. The van der Waals surface area contributed by atoms with Gasteiger partial charge in [-0.1, -0.05) is 41.6 Å². The van der Waals surface area contributed by atoms with Crippen molar-refractivity contribution in [1.82, 2.24) is 15.0 Å². The number of hydrogen-bond acceptors (Lipinski definition) is 8. The highest BCUT2D eigenvalue weighted by atomic mass is 32.2. The summed E-state index contributed by atoms with van der Waals surface area (Å²) >= 11 is 1.15. The zero-order chi connectivity index (χ0) is 26.4. The molecule has 190 valence electrons. The SMILES string of the molecule is COc1ccc(/C=N\NC(=O)CSc2nc3ccccc3c(=O)n2-c2ccc(C)cc2)c(OC)c1OC. The van der Waals surface area contributed by atoms with Gasteiger partial charge in [0.05, 0.1) is 49.9 Å². The lowest BCUT2D eigenvalue weighted by Gasteiger charge is -2.14. The molecule has 0 fully saturated rings. The summed E-state index contributed by atoms with van der Waals surface area (Å²) in [5.41, 5.74) is 5.22. The van der Waals surface area contributed by atoms with E-state index in [1.807, 2.05) is 37.3 Å². The average molecular weight is 519 g/mol. The summed E-state index contributed by atoms with van der Waals surface area (Å²) in [6.45, 7) is 1.98. The Bertz CT molecular complexity index is 1520. The summed E-state index contributed by atoms with van der Waals surface area (Å²) in [6, 6.07) is 18.2. The number of nitrogens with one attached hydrogen (secondary N) is 1. The van der Waals surface area contributed by atoms with Crippen molar-refractivity contribution in [2.75, 3.05) is 27.1 Å². The van der Waals surface area contributed by atoms with Crippen LogP contribution in [0.3, 0.4) is 0 Å². The lowest BCUT2D eigenvalue weighted by molar-refractivity contribution is -0.118. The number of aryl methyl sites for hydroxylation is 1. The van der Waals surface area contributed by atoms with E-state index in [1.165, 1.54) is 32.1 Å². The standard InChI is InChI=1S/C27H26N4O5S/c1-17-9-12-19(13-10-17)31-26(33)20-7-5-6-8-21(20)29-27(31)37-16-23(32)30-28-15-18-11-14-22(34-2)25(36-4)24(18)35-3/h5-15H,16H2,1-4H3,(H,30,32)/b28-15-. The lowest BCUT2D eigenvalue weighted by Crippen LogP contribution is -2.24. The number of amides is 1. The zero-order valence-electron chi connectivity index (χ0n) is 20.8. The summed E-state index contributed by atoms with van der Waals surface area (Å²) in [6.07, 6.45) is 1.46. The molecule has 1 N–H and O–H groups in total. The minimum atomic E-state index is -0.362. The van der Waals surface area contributed by atoms with Crippen LogP contribution in [-0.2, 0) is 4.79 Å². The van der Waals surface area contributed by atoms with E-state index in [0.717, 1.165) is 17.3 Å². The molecular formula is C27H26N4O5S. The molecule has 0 saturated carbocycles. The molecule has 1 aromatic heterocycles. The summed E-state index contributed by atoms with van der Waals surface area (Å²) < 4.78 is 17.6. The topological polar surface area (TPSA) is 104 Å². The number of hydrazone groups is 1. The molecule has 0 bridgehead atoms. The Labute approximate surface area is 218 Å². The Morgan fingerprint density at radius 3 is 2.43 bits per heavy atom. The van der Waals surface area contributed by atoms with Crippen LogP contribution >= 0.6 is 11.8 Å². The van der Waals surface area contributed by atoms with E-state index < -0.39 is 0 Å². The first-order valence-electron chi connectivity index (χ1n) is 11.3. The monoisotopic (exact) mass is 518 g/mol. The van der Waals surface area contributed by atoms with Crippen LogP contribution < -0.4 is 25.2 Å². The number of rotatable bonds is 9. The molecule has 0 aliphatic rings. The fourth-order valence-corrected chi connectivity index (χ4v) is 4.50. The third-order valence-electron chi connectivity index (χ3n) is 5.50. The maximum absolute atomic E-state index is 13.3. The van der Waals surface area contributed by atoms with Crippen LogP contribution in [0.2, 0.25) is 0 Å². The fraction of sp³-hybridized carbons (Fsp3) is 0.185. The van der Waals surface area contributed by atoms with Gasteiger partial charge in [-0.15, -0.1) is 0 Å². The van der Waals surface area contributed by atoms with E-state index in [2.05, 4.69) is 15.5 Å². The van der Waals surface area contributed by atoms with Crippen LogP contribution in [0.25, 0.3) is 16.6 Å². The van der Waals surface area contributed by atoms with E-state index in [4.69, 9.17) is 14.2 Å². The second kappa shape index (κ2) is 11.6. The number of carbonyl (C=O) groups excluding carboxylic acids is 1. The van der Waals surface area contributed by atoms with Crippen LogP contribution in [0.1, 0.15) is 11.1 Å². The number of ether oxygens (including phenoxy) is 3. The predicted octanol–water partition coefficient (Wildman–Crippen LogP) is 3.96. The Hall–Kier alpha value is -4.31. The molecule has 0 saturated heterocycles. The number of nitrogens with zero attached hydrogens (tertiary/aromatic N) is 3. The quantitative estimate of drug-likeness (QED) is 0.155. The second-order valence-electron chi connectivity index (χ2n) is 7.89. The lowest BCUT2D eigenvalue weighted by atomic mass is 10.2. The number of benzene rings is 3. The average Bonchev–Trinajstić information content (AvgIpc) is 2.92. The maximum atomic E-state index is 13.3.